The molecule has 2 heterocycles. The summed E-state index contributed by atoms with van der Waals surface area (Å²) in [4.78, 5) is 13.0. The number of thioether (sulfide) groups is 1. The van der Waals surface area contributed by atoms with Crippen molar-refractivity contribution in [3.05, 3.63) is 83.2 Å². The average Bonchev–Trinajstić information content (AvgIpc) is 3.35. The first kappa shape index (κ1) is 22.9. The minimum atomic E-state index is -3.77. The second-order valence-electron chi connectivity index (χ2n) is 7.48. The van der Waals surface area contributed by atoms with Crippen molar-refractivity contribution >= 4 is 27.6 Å². The third-order valence-corrected chi connectivity index (χ3v) is 7.05. The Hall–Kier alpha value is -3.28. The quantitative estimate of drug-likeness (QED) is 0.302. The van der Waals surface area contributed by atoms with Gasteiger partial charge in [0.2, 0.25) is 15.2 Å². The first-order valence-corrected chi connectivity index (χ1v) is 12.6. The van der Waals surface area contributed by atoms with E-state index >= 15 is 0 Å². The Kier molecular flexibility index (Phi) is 6.45. The maximum absolute atomic E-state index is 13.0. The van der Waals surface area contributed by atoms with Crippen LogP contribution < -0.4 is 5.14 Å². The van der Waals surface area contributed by atoms with E-state index in [4.69, 9.17) is 5.14 Å². The number of aromatic nitrogens is 5. The topological polar surface area (TPSA) is 126 Å². The number of hydrogen-bond acceptors (Lipinski definition) is 7. The number of carbonyl (C=O) groups is 1. The standard InChI is InChI=1S/C22H22N6O3S2/c1-15-12-20(16(2)28(15)18-8-10-19(11-9-18)33(23,30)31)21(29)14-32-22-24-25-26-27(22)13-17-6-4-3-5-7-17/h3-12H,13-14H2,1-2H3,(H2,23,30,31). The Morgan fingerprint density at radius 1 is 1.06 bits per heavy atom. The number of primary sulfonamides is 1. The van der Waals surface area contributed by atoms with E-state index in [-0.39, 0.29) is 16.4 Å². The Balaban J connectivity index is 1.50. The van der Waals surface area contributed by atoms with Crippen molar-refractivity contribution in [1.82, 2.24) is 24.8 Å². The minimum Gasteiger partial charge on any atom is -0.318 e. The van der Waals surface area contributed by atoms with Crippen LogP contribution in [0.3, 0.4) is 0 Å². The normalized spacial score (nSPS) is 11.6. The Morgan fingerprint density at radius 2 is 1.76 bits per heavy atom. The van der Waals surface area contributed by atoms with Crippen LogP contribution in [0.4, 0.5) is 0 Å². The molecule has 0 radical (unpaired) electrons. The summed E-state index contributed by atoms with van der Waals surface area (Å²) in [7, 11) is -3.77. The van der Waals surface area contributed by atoms with Crippen molar-refractivity contribution in [1.29, 1.82) is 0 Å². The predicted octanol–water partition coefficient (Wildman–Crippen LogP) is 2.75. The summed E-state index contributed by atoms with van der Waals surface area (Å²) < 4.78 is 26.6. The number of carbonyl (C=O) groups excluding carboxylic acids is 1. The van der Waals surface area contributed by atoms with Gasteiger partial charge in [0, 0.05) is 22.6 Å². The predicted molar refractivity (Wildman–Crippen MR) is 125 cm³/mol. The van der Waals surface area contributed by atoms with Crippen molar-refractivity contribution < 1.29 is 13.2 Å². The number of aryl methyl sites for hydroxylation is 1. The average molecular weight is 483 g/mol. The molecule has 0 aliphatic rings. The van der Waals surface area contributed by atoms with Crippen LogP contribution in [-0.4, -0.2) is 44.7 Å². The molecular formula is C22H22N6O3S2. The molecule has 0 aliphatic carbocycles. The molecule has 9 nitrogen and oxygen atoms in total. The molecule has 170 valence electrons. The molecule has 2 N–H and O–H groups in total. The van der Waals surface area contributed by atoms with Gasteiger partial charge in [-0.25, -0.2) is 18.2 Å². The first-order valence-electron chi connectivity index (χ1n) is 10.0. The lowest BCUT2D eigenvalue weighted by atomic mass is 10.2. The van der Waals surface area contributed by atoms with Crippen molar-refractivity contribution in [2.75, 3.05) is 5.75 Å². The fraction of sp³-hybridized carbons (Fsp3) is 0.182. The lowest BCUT2D eigenvalue weighted by molar-refractivity contribution is 0.102. The molecule has 11 heteroatoms. The molecular weight excluding hydrogens is 460 g/mol. The molecule has 0 spiro atoms. The maximum atomic E-state index is 13.0. The molecule has 2 aromatic carbocycles. The van der Waals surface area contributed by atoms with E-state index < -0.39 is 10.0 Å². The van der Waals surface area contributed by atoms with Crippen molar-refractivity contribution in [3.8, 4) is 5.69 Å². The summed E-state index contributed by atoms with van der Waals surface area (Å²) in [6, 6.07) is 17.9. The van der Waals surface area contributed by atoms with E-state index in [9.17, 15) is 13.2 Å². The van der Waals surface area contributed by atoms with Crippen molar-refractivity contribution in [2.45, 2.75) is 30.4 Å². The fourth-order valence-corrected chi connectivity index (χ4v) is 4.87. The number of tetrazole rings is 1. The zero-order chi connectivity index (χ0) is 23.6. The fourth-order valence-electron chi connectivity index (χ4n) is 3.59. The third-order valence-electron chi connectivity index (χ3n) is 5.16. The number of Topliss-reactive ketones (excluding diaryl/α,β-unsaturated/α-hetero) is 1. The molecule has 0 amide bonds. The molecule has 0 bridgehead atoms. The van der Waals surface area contributed by atoms with Crippen LogP contribution in [0.1, 0.15) is 27.3 Å². The second kappa shape index (κ2) is 9.30. The zero-order valence-electron chi connectivity index (χ0n) is 18.0. The van der Waals surface area contributed by atoms with Gasteiger partial charge >= 0.3 is 0 Å². The number of nitrogens with zero attached hydrogens (tertiary/aromatic N) is 5. The summed E-state index contributed by atoms with van der Waals surface area (Å²) in [5, 5.41) is 17.6. The van der Waals surface area contributed by atoms with Crippen molar-refractivity contribution in [3.63, 3.8) is 0 Å². The first-order chi connectivity index (χ1) is 15.7. The molecule has 0 saturated heterocycles. The van der Waals surface area contributed by atoms with E-state index in [0.29, 0.717) is 17.3 Å². The maximum Gasteiger partial charge on any atom is 0.238 e. The van der Waals surface area contributed by atoms with E-state index in [2.05, 4.69) is 15.5 Å². The molecule has 4 aromatic rings. The van der Waals surface area contributed by atoms with E-state index in [1.165, 1.54) is 23.9 Å². The largest absolute Gasteiger partial charge is 0.318 e. The molecule has 4 rings (SSSR count). The van der Waals surface area contributed by atoms with Crippen LogP contribution in [0.25, 0.3) is 5.69 Å². The smallest absolute Gasteiger partial charge is 0.238 e. The summed E-state index contributed by atoms with van der Waals surface area (Å²) in [5.74, 6) is 0.138. The summed E-state index contributed by atoms with van der Waals surface area (Å²) in [6.45, 7) is 4.27. The van der Waals surface area contributed by atoms with Gasteiger partial charge in [-0.15, -0.1) is 5.10 Å². The molecule has 2 aromatic heterocycles. The van der Waals surface area contributed by atoms with Crippen LogP contribution in [0.2, 0.25) is 0 Å². The second-order valence-corrected chi connectivity index (χ2v) is 9.98. The number of ketones is 1. The van der Waals surface area contributed by atoms with Gasteiger partial charge in [-0.3, -0.25) is 4.79 Å². The van der Waals surface area contributed by atoms with Crippen LogP contribution in [0.5, 0.6) is 0 Å². The van der Waals surface area contributed by atoms with Crippen LogP contribution in [0, 0.1) is 13.8 Å². The Morgan fingerprint density at radius 3 is 2.42 bits per heavy atom. The van der Waals surface area contributed by atoms with E-state index in [1.54, 1.807) is 16.8 Å². The number of nitrogens with two attached hydrogens (primary N) is 1. The Bertz CT molecular complexity index is 1390. The highest BCUT2D eigenvalue weighted by atomic mass is 32.2. The van der Waals surface area contributed by atoms with Gasteiger partial charge in [0.25, 0.3) is 0 Å². The SMILES string of the molecule is Cc1cc(C(=O)CSc2nnnn2Cc2ccccc2)c(C)n1-c1ccc(S(N)(=O)=O)cc1. The highest BCUT2D eigenvalue weighted by Gasteiger charge is 2.19. The van der Waals surface area contributed by atoms with Gasteiger partial charge in [0.05, 0.1) is 17.2 Å². The third kappa shape index (κ3) is 5.05. The van der Waals surface area contributed by atoms with Gasteiger partial charge < -0.3 is 4.57 Å². The summed E-state index contributed by atoms with van der Waals surface area (Å²) in [5.41, 5.74) is 4.03. The molecule has 0 fully saturated rings. The highest BCUT2D eigenvalue weighted by molar-refractivity contribution is 7.99. The molecule has 0 saturated carbocycles. The minimum absolute atomic E-state index is 0.0367. The summed E-state index contributed by atoms with van der Waals surface area (Å²) >= 11 is 1.29. The van der Waals surface area contributed by atoms with Crippen LogP contribution >= 0.6 is 11.8 Å². The van der Waals surface area contributed by atoms with Gasteiger partial charge in [-0.2, -0.15) is 0 Å². The van der Waals surface area contributed by atoms with Gasteiger partial charge in [-0.05, 0) is 60.2 Å². The number of hydrogen-bond donors (Lipinski definition) is 1. The summed E-state index contributed by atoms with van der Waals surface area (Å²) in [6.07, 6.45) is 0. The monoisotopic (exact) mass is 482 g/mol. The highest BCUT2D eigenvalue weighted by Crippen LogP contribution is 2.24. The molecule has 0 unspecified atom stereocenters. The van der Waals surface area contributed by atoms with Gasteiger partial charge in [0.1, 0.15) is 0 Å². The zero-order valence-corrected chi connectivity index (χ0v) is 19.7. The molecule has 0 atom stereocenters. The number of benzene rings is 2. The lowest BCUT2D eigenvalue weighted by Crippen LogP contribution is -2.12. The lowest BCUT2D eigenvalue weighted by Gasteiger charge is -2.10. The van der Waals surface area contributed by atoms with Crippen LogP contribution in [-0.2, 0) is 16.6 Å². The number of rotatable bonds is 8. The number of sulfonamides is 1. The van der Waals surface area contributed by atoms with Gasteiger partial charge in [-0.1, -0.05) is 42.1 Å². The van der Waals surface area contributed by atoms with E-state index in [0.717, 1.165) is 22.6 Å². The molecule has 33 heavy (non-hydrogen) atoms. The van der Waals surface area contributed by atoms with Crippen molar-refractivity contribution in [2.24, 2.45) is 5.14 Å². The van der Waals surface area contributed by atoms with E-state index in [1.807, 2.05) is 54.8 Å². The molecule has 0 aliphatic heterocycles. The van der Waals surface area contributed by atoms with Gasteiger partial charge in [0.15, 0.2) is 5.78 Å². The van der Waals surface area contributed by atoms with Crippen LogP contribution in [0.15, 0.2) is 70.7 Å². The Labute approximate surface area is 195 Å².